The Bertz CT molecular complexity index is 467. The van der Waals surface area contributed by atoms with Gasteiger partial charge in [-0.2, -0.15) is 4.98 Å². The molecule has 9 heteroatoms. The first-order chi connectivity index (χ1) is 9.63. The van der Waals surface area contributed by atoms with Gasteiger partial charge in [-0.15, -0.1) is 11.8 Å². The van der Waals surface area contributed by atoms with E-state index in [0.717, 1.165) is 0 Å². The maximum Gasteiger partial charge on any atom is 0.327 e. The molecule has 20 heavy (non-hydrogen) atoms. The standard InChI is InChI=1S/C11H16N4O4S/c1-2-9-15(7(5-20-9)10(16)17)11(18)12-4-3-8-13-6-14-19-8/h6-7,9H,2-5H2,1H3,(H,12,18)(H,16,17). The molecule has 1 aromatic heterocycles. The molecule has 1 aliphatic heterocycles. The predicted octanol–water partition coefficient (Wildman–Crippen LogP) is 0.560. The van der Waals surface area contributed by atoms with Gasteiger partial charge in [0.05, 0.1) is 5.37 Å². The molecular formula is C11H16N4O4S. The number of amides is 2. The molecule has 2 N–H and O–H groups in total. The largest absolute Gasteiger partial charge is 0.480 e. The van der Waals surface area contributed by atoms with Crippen molar-refractivity contribution < 1.29 is 19.2 Å². The second-order valence-corrected chi connectivity index (χ2v) is 5.49. The van der Waals surface area contributed by atoms with Gasteiger partial charge in [-0.05, 0) is 6.42 Å². The van der Waals surface area contributed by atoms with E-state index in [1.165, 1.54) is 23.0 Å². The maximum absolute atomic E-state index is 12.1. The number of hydrogen-bond donors (Lipinski definition) is 2. The summed E-state index contributed by atoms with van der Waals surface area (Å²) in [7, 11) is 0. The summed E-state index contributed by atoms with van der Waals surface area (Å²) in [6.07, 6.45) is 2.43. The summed E-state index contributed by atoms with van der Waals surface area (Å²) in [5, 5.41) is 15.2. The number of carboxylic acids is 1. The Hall–Kier alpha value is -1.77. The fourth-order valence-corrected chi connectivity index (χ4v) is 3.36. The van der Waals surface area contributed by atoms with E-state index in [1.54, 1.807) is 0 Å². The first-order valence-electron chi connectivity index (χ1n) is 6.29. The van der Waals surface area contributed by atoms with Gasteiger partial charge in [0.25, 0.3) is 0 Å². The van der Waals surface area contributed by atoms with E-state index in [0.29, 0.717) is 31.0 Å². The van der Waals surface area contributed by atoms with Crippen molar-refractivity contribution in [1.29, 1.82) is 0 Å². The highest BCUT2D eigenvalue weighted by molar-refractivity contribution is 8.00. The molecule has 110 valence electrons. The van der Waals surface area contributed by atoms with Crippen molar-refractivity contribution in [3.8, 4) is 0 Å². The van der Waals surface area contributed by atoms with Crippen molar-refractivity contribution in [2.45, 2.75) is 31.2 Å². The van der Waals surface area contributed by atoms with Crippen LogP contribution in [0.25, 0.3) is 0 Å². The van der Waals surface area contributed by atoms with Crippen LogP contribution in [0.2, 0.25) is 0 Å². The number of aromatic nitrogens is 2. The minimum Gasteiger partial charge on any atom is -0.480 e. The summed E-state index contributed by atoms with van der Waals surface area (Å²) in [5.41, 5.74) is 0. The van der Waals surface area contributed by atoms with Crippen LogP contribution in [-0.4, -0.2) is 55.9 Å². The Balaban J connectivity index is 1.90. The van der Waals surface area contributed by atoms with Gasteiger partial charge in [-0.3, -0.25) is 4.90 Å². The van der Waals surface area contributed by atoms with E-state index in [9.17, 15) is 9.59 Å². The molecule has 2 unspecified atom stereocenters. The third-order valence-corrected chi connectivity index (χ3v) is 4.44. The number of rotatable bonds is 5. The number of nitrogens with one attached hydrogen (secondary N) is 1. The zero-order valence-corrected chi connectivity index (χ0v) is 11.8. The quantitative estimate of drug-likeness (QED) is 0.817. The summed E-state index contributed by atoms with van der Waals surface area (Å²) < 4.78 is 4.82. The number of carbonyl (C=O) groups excluding carboxylic acids is 1. The van der Waals surface area contributed by atoms with Crippen LogP contribution in [0.5, 0.6) is 0 Å². The summed E-state index contributed by atoms with van der Waals surface area (Å²) in [5.74, 6) is -0.117. The van der Waals surface area contributed by atoms with E-state index in [-0.39, 0.29) is 11.4 Å². The fraction of sp³-hybridized carbons (Fsp3) is 0.636. The van der Waals surface area contributed by atoms with E-state index < -0.39 is 12.0 Å². The Kier molecular flexibility index (Phi) is 4.83. The van der Waals surface area contributed by atoms with Gasteiger partial charge in [0.2, 0.25) is 5.89 Å². The predicted molar refractivity (Wildman–Crippen MR) is 71.2 cm³/mol. The molecule has 1 saturated heterocycles. The van der Waals surface area contributed by atoms with Crippen molar-refractivity contribution in [2.24, 2.45) is 0 Å². The topological polar surface area (TPSA) is 109 Å². The number of carboxylic acid groups (broad SMARTS) is 1. The van der Waals surface area contributed by atoms with Crippen molar-refractivity contribution in [1.82, 2.24) is 20.4 Å². The van der Waals surface area contributed by atoms with Crippen molar-refractivity contribution >= 4 is 23.8 Å². The minimum atomic E-state index is -0.972. The lowest BCUT2D eigenvalue weighted by Gasteiger charge is -2.26. The molecule has 1 aliphatic rings. The molecule has 2 heterocycles. The zero-order chi connectivity index (χ0) is 14.5. The van der Waals surface area contributed by atoms with Crippen molar-refractivity contribution in [3.63, 3.8) is 0 Å². The Morgan fingerprint density at radius 2 is 2.45 bits per heavy atom. The van der Waals surface area contributed by atoms with Crippen LogP contribution in [0.3, 0.4) is 0 Å². The second-order valence-electron chi connectivity index (χ2n) is 4.27. The second kappa shape index (κ2) is 6.60. The normalized spacial score (nSPS) is 21.9. The fourth-order valence-electron chi connectivity index (χ4n) is 2.01. The minimum absolute atomic E-state index is 0.0977. The van der Waals surface area contributed by atoms with Crippen LogP contribution < -0.4 is 5.32 Å². The molecule has 1 aromatic rings. The van der Waals surface area contributed by atoms with Gasteiger partial charge in [0.15, 0.2) is 6.33 Å². The number of thioether (sulfide) groups is 1. The van der Waals surface area contributed by atoms with E-state index in [1.807, 2.05) is 6.92 Å². The SMILES string of the molecule is CCC1SCC(C(=O)O)N1C(=O)NCCc1ncno1. The third-order valence-electron chi connectivity index (χ3n) is 2.98. The zero-order valence-electron chi connectivity index (χ0n) is 11.0. The molecule has 0 aliphatic carbocycles. The smallest absolute Gasteiger partial charge is 0.327 e. The first kappa shape index (κ1) is 14.6. The number of carbonyl (C=O) groups is 2. The molecular weight excluding hydrogens is 284 g/mol. The molecule has 8 nitrogen and oxygen atoms in total. The van der Waals surface area contributed by atoms with Crippen LogP contribution in [0.4, 0.5) is 4.79 Å². The number of aliphatic carboxylic acids is 1. The highest BCUT2D eigenvalue weighted by Gasteiger charge is 2.40. The molecule has 2 atom stereocenters. The summed E-state index contributed by atoms with van der Waals surface area (Å²) in [4.78, 5) is 28.5. The average molecular weight is 300 g/mol. The number of urea groups is 1. The lowest BCUT2D eigenvalue weighted by Crippen LogP contribution is -2.50. The summed E-state index contributed by atoms with van der Waals surface area (Å²) in [6.45, 7) is 2.26. The van der Waals surface area contributed by atoms with Crippen LogP contribution in [0, 0.1) is 0 Å². The van der Waals surface area contributed by atoms with Crippen LogP contribution in [0.1, 0.15) is 19.2 Å². The van der Waals surface area contributed by atoms with Gasteiger partial charge in [-0.25, -0.2) is 9.59 Å². The molecule has 0 spiro atoms. The lowest BCUT2D eigenvalue weighted by atomic mass is 10.3. The van der Waals surface area contributed by atoms with Gasteiger partial charge >= 0.3 is 12.0 Å². The van der Waals surface area contributed by atoms with E-state index >= 15 is 0 Å². The van der Waals surface area contributed by atoms with Gasteiger partial charge in [0, 0.05) is 18.7 Å². The lowest BCUT2D eigenvalue weighted by molar-refractivity contribution is -0.141. The van der Waals surface area contributed by atoms with Crippen LogP contribution in [0.15, 0.2) is 10.9 Å². The molecule has 1 fully saturated rings. The highest BCUT2D eigenvalue weighted by Crippen LogP contribution is 2.31. The maximum atomic E-state index is 12.1. The highest BCUT2D eigenvalue weighted by atomic mass is 32.2. The van der Waals surface area contributed by atoms with Crippen LogP contribution >= 0.6 is 11.8 Å². The average Bonchev–Trinajstić information content (AvgIpc) is 3.07. The summed E-state index contributed by atoms with van der Waals surface area (Å²) >= 11 is 1.49. The van der Waals surface area contributed by atoms with Crippen LogP contribution in [-0.2, 0) is 11.2 Å². The number of hydrogen-bond acceptors (Lipinski definition) is 6. The Labute approximate surface area is 119 Å². The van der Waals surface area contributed by atoms with Gasteiger partial charge in [0.1, 0.15) is 6.04 Å². The van der Waals surface area contributed by atoms with Gasteiger partial charge in [-0.1, -0.05) is 12.1 Å². The molecule has 0 radical (unpaired) electrons. The molecule has 0 saturated carbocycles. The first-order valence-corrected chi connectivity index (χ1v) is 7.34. The van der Waals surface area contributed by atoms with Crippen molar-refractivity contribution in [2.75, 3.05) is 12.3 Å². The third kappa shape index (κ3) is 3.21. The molecule has 0 bridgehead atoms. The molecule has 2 amide bonds. The number of nitrogens with zero attached hydrogens (tertiary/aromatic N) is 3. The summed E-state index contributed by atoms with van der Waals surface area (Å²) in [6, 6.07) is -1.14. The van der Waals surface area contributed by atoms with E-state index in [4.69, 9.17) is 9.63 Å². The Morgan fingerprint density at radius 1 is 1.65 bits per heavy atom. The van der Waals surface area contributed by atoms with E-state index in [2.05, 4.69) is 15.5 Å². The molecule has 0 aromatic carbocycles. The monoisotopic (exact) mass is 300 g/mol. The molecule has 2 rings (SSSR count). The Morgan fingerprint density at radius 3 is 3.05 bits per heavy atom. The van der Waals surface area contributed by atoms with Gasteiger partial charge < -0.3 is 14.9 Å². The van der Waals surface area contributed by atoms with Crippen molar-refractivity contribution in [3.05, 3.63) is 12.2 Å².